The molecule has 1 atom stereocenters. The standard InChI is InChI=1S/C30H34ClN3O5S/c1-21(30(36)32-19-24-5-3-4-6-28(24)39-2)34(20-23-7-12-25(31)13-8-23)29(35)18-11-22-9-16-27(17-10-22)40(37,38)33-26-14-15-26/h3-10,12-13,16-17,21,26,33H,11,14-15,18-20H2,1-2H3,(H,32,36). The molecule has 0 radical (unpaired) electrons. The lowest BCUT2D eigenvalue weighted by Gasteiger charge is -2.29. The predicted molar refractivity (Wildman–Crippen MR) is 154 cm³/mol. The number of ether oxygens (including phenoxy) is 1. The number of carbonyl (C=O) groups is 2. The van der Waals surface area contributed by atoms with Crippen LogP contribution in [0.4, 0.5) is 0 Å². The van der Waals surface area contributed by atoms with Gasteiger partial charge in [0.2, 0.25) is 21.8 Å². The smallest absolute Gasteiger partial charge is 0.242 e. The molecule has 0 bridgehead atoms. The molecule has 1 fully saturated rings. The fourth-order valence-corrected chi connectivity index (χ4v) is 5.70. The highest BCUT2D eigenvalue weighted by molar-refractivity contribution is 7.89. The molecule has 0 aromatic heterocycles. The van der Waals surface area contributed by atoms with Crippen molar-refractivity contribution in [1.29, 1.82) is 0 Å². The first-order valence-corrected chi connectivity index (χ1v) is 15.1. The summed E-state index contributed by atoms with van der Waals surface area (Å²) in [4.78, 5) is 28.4. The summed E-state index contributed by atoms with van der Waals surface area (Å²) in [5.74, 6) is 0.194. The average molecular weight is 584 g/mol. The largest absolute Gasteiger partial charge is 0.496 e. The Morgan fingerprint density at radius 1 is 1.00 bits per heavy atom. The van der Waals surface area contributed by atoms with Crippen LogP contribution in [0.5, 0.6) is 5.75 Å². The van der Waals surface area contributed by atoms with Gasteiger partial charge in [-0.2, -0.15) is 0 Å². The zero-order chi connectivity index (χ0) is 28.7. The van der Waals surface area contributed by atoms with Crippen LogP contribution in [0.15, 0.2) is 77.7 Å². The molecule has 4 rings (SSSR count). The fraction of sp³-hybridized carbons (Fsp3) is 0.333. The van der Waals surface area contributed by atoms with Crippen LogP contribution in [0, 0.1) is 0 Å². The number of methoxy groups -OCH3 is 1. The molecule has 0 aliphatic heterocycles. The van der Waals surface area contributed by atoms with E-state index in [4.69, 9.17) is 16.3 Å². The number of benzene rings is 3. The van der Waals surface area contributed by atoms with E-state index in [-0.39, 0.29) is 42.3 Å². The van der Waals surface area contributed by atoms with Crippen LogP contribution in [0.1, 0.15) is 42.9 Å². The van der Waals surface area contributed by atoms with Gasteiger partial charge in [-0.05, 0) is 67.6 Å². The molecular formula is C30H34ClN3O5S. The van der Waals surface area contributed by atoms with Gasteiger partial charge in [0.05, 0.1) is 12.0 Å². The van der Waals surface area contributed by atoms with Crippen LogP contribution in [0.3, 0.4) is 0 Å². The van der Waals surface area contributed by atoms with Gasteiger partial charge >= 0.3 is 0 Å². The van der Waals surface area contributed by atoms with Gasteiger partial charge < -0.3 is 15.0 Å². The van der Waals surface area contributed by atoms with Gasteiger partial charge in [-0.3, -0.25) is 9.59 Å². The normalized spacial score (nSPS) is 13.9. The second kappa shape index (κ2) is 13.3. The summed E-state index contributed by atoms with van der Waals surface area (Å²) >= 11 is 6.04. The molecule has 3 aromatic rings. The van der Waals surface area contributed by atoms with Crippen LogP contribution in [-0.2, 0) is 39.1 Å². The third kappa shape index (κ3) is 8.06. The van der Waals surface area contributed by atoms with E-state index in [1.807, 2.05) is 36.4 Å². The zero-order valence-corrected chi connectivity index (χ0v) is 24.2. The molecule has 2 N–H and O–H groups in total. The van der Waals surface area contributed by atoms with Crippen molar-refractivity contribution in [1.82, 2.24) is 14.9 Å². The van der Waals surface area contributed by atoms with E-state index in [1.54, 1.807) is 55.3 Å². The minimum atomic E-state index is -3.53. The average Bonchev–Trinajstić information content (AvgIpc) is 3.77. The number of nitrogens with one attached hydrogen (secondary N) is 2. The van der Waals surface area contributed by atoms with Crippen molar-refractivity contribution in [2.75, 3.05) is 7.11 Å². The zero-order valence-electron chi connectivity index (χ0n) is 22.6. The molecule has 0 spiro atoms. The number of aryl methyl sites for hydroxylation is 1. The first-order valence-electron chi connectivity index (χ1n) is 13.2. The SMILES string of the molecule is COc1ccccc1CNC(=O)C(C)N(Cc1ccc(Cl)cc1)C(=O)CCc1ccc(S(=O)(=O)NC2CC2)cc1. The van der Waals surface area contributed by atoms with Gasteiger partial charge in [0.1, 0.15) is 11.8 Å². The summed E-state index contributed by atoms with van der Waals surface area (Å²) in [5, 5.41) is 3.50. The minimum Gasteiger partial charge on any atom is -0.496 e. The highest BCUT2D eigenvalue weighted by Crippen LogP contribution is 2.23. The molecule has 1 aliphatic carbocycles. The van der Waals surface area contributed by atoms with E-state index in [1.165, 1.54) is 0 Å². The van der Waals surface area contributed by atoms with Crippen molar-refractivity contribution in [3.63, 3.8) is 0 Å². The van der Waals surface area contributed by atoms with Crippen LogP contribution in [0.2, 0.25) is 5.02 Å². The number of hydrogen-bond donors (Lipinski definition) is 2. The highest BCUT2D eigenvalue weighted by Gasteiger charge is 2.28. The van der Waals surface area contributed by atoms with Gasteiger partial charge in [0.15, 0.2) is 0 Å². The first-order chi connectivity index (χ1) is 19.2. The van der Waals surface area contributed by atoms with Crippen LogP contribution in [-0.4, -0.2) is 44.3 Å². The summed E-state index contributed by atoms with van der Waals surface area (Å²) in [5.41, 5.74) is 2.51. The van der Waals surface area contributed by atoms with Crippen molar-refractivity contribution in [2.45, 2.75) is 62.7 Å². The summed E-state index contributed by atoms with van der Waals surface area (Å²) in [6, 6.07) is 20.4. The van der Waals surface area contributed by atoms with Crippen molar-refractivity contribution >= 4 is 33.4 Å². The Balaban J connectivity index is 1.42. The molecule has 10 heteroatoms. The van der Waals surface area contributed by atoms with Crippen molar-refractivity contribution in [2.24, 2.45) is 0 Å². The predicted octanol–water partition coefficient (Wildman–Crippen LogP) is 4.46. The van der Waals surface area contributed by atoms with Gasteiger partial charge in [0.25, 0.3) is 0 Å². The number of sulfonamides is 1. The lowest BCUT2D eigenvalue weighted by molar-refractivity contribution is -0.140. The number of rotatable bonds is 13. The van der Waals surface area contributed by atoms with Gasteiger partial charge in [-0.25, -0.2) is 13.1 Å². The Morgan fingerprint density at radius 3 is 2.30 bits per heavy atom. The Hall–Kier alpha value is -3.40. The number of para-hydroxylation sites is 1. The third-order valence-corrected chi connectivity index (χ3v) is 8.63. The number of carbonyl (C=O) groups excluding carboxylic acids is 2. The maximum absolute atomic E-state index is 13.5. The van der Waals surface area contributed by atoms with Crippen molar-refractivity contribution in [3.05, 3.63) is 94.5 Å². The molecule has 2 amide bonds. The van der Waals surface area contributed by atoms with Crippen molar-refractivity contribution < 1.29 is 22.7 Å². The molecule has 0 heterocycles. The highest BCUT2D eigenvalue weighted by atomic mass is 35.5. The first kappa shape index (κ1) is 29.6. The van der Waals surface area contributed by atoms with E-state index in [0.29, 0.717) is 17.2 Å². The molecule has 1 aliphatic rings. The molecule has 8 nitrogen and oxygen atoms in total. The second-order valence-corrected chi connectivity index (χ2v) is 12.0. The van der Waals surface area contributed by atoms with Gasteiger partial charge in [0, 0.05) is 36.1 Å². The lowest BCUT2D eigenvalue weighted by atomic mass is 10.1. The third-order valence-electron chi connectivity index (χ3n) is 6.84. The summed E-state index contributed by atoms with van der Waals surface area (Å²) in [6.45, 7) is 2.21. The van der Waals surface area contributed by atoms with E-state index >= 15 is 0 Å². The molecule has 3 aromatic carbocycles. The summed E-state index contributed by atoms with van der Waals surface area (Å²) in [6.07, 6.45) is 2.29. The quantitative estimate of drug-likeness (QED) is 0.309. The Labute approximate surface area is 240 Å². The topological polar surface area (TPSA) is 105 Å². The monoisotopic (exact) mass is 583 g/mol. The van der Waals surface area contributed by atoms with Gasteiger partial charge in [-0.15, -0.1) is 0 Å². The van der Waals surface area contributed by atoms with Crippen LogP contribution >= 0.6 is 11.6 Å². The molecule has 1 unspecified atom stereocenters. The maximum atomic E-state index is 13.5. The Bertz CT molecular complexity index is 1420. The van der Waals surface area contributed by atoms with E-state index in [2.05, 4.69) is 10.0 Å². The fourth-order valence-electron chi connectivity index (χ4n) is 4.27. The summed E-state index contributed by atoms with van der Waals surface area (Å²) < 4.78 is 32.9. The lowest BCUT2D eigenvalue weighted by Crippen LogP contribution is -2.47. The number of halogens is 1. The van der Waals surface area contributed by atoms with E-state index in [9.17, 15) is 18.0 Å². The minimum absolute atomic E-state index is 0.0304. The maximum Gasteiger partial charge on any atom is 0.242 e. The second-order valence-electron chi connectivity index (χ2n) is 9.89. The van der Waals surface area contributed by atoms with Crippen LogP contribution < -0.4 is 14.8 Å². The van der Waals surface area contributed by atoms with Crippen molar-refractivity contribution in [3.8, 4) is 5.75 Å². The van der Waals surface area contributed by atoms with Crippen LogP contribution in [0.25, 0.3) is 0 Å². The molecule has 1 saturated carbocycles. The molecule has 212 valence electrons. The molecule has 0 saturated heterocycles. The number of hydrogen-bond acceptors (Lipinski definition) is 5. The van der Waals surface area contributed by atoms with E-state index in [0.717, 1.165) is 29.5 Å². The van der Waals surface area contributed by atoms with E-state index < -0.39 is 16.1 Å². The summed E-state index contributed by atoms with van der Waals surface area (Å²) in [7, 11) is -1.96. The Morgan fingerprint density at radius 2 is 1.65 bits per heavy atom. The number of nitrogens with zero attached hydrogens (tertiary/aromatic N) is 1. The molecule has 40 heavy (non-hydrogen) atoms. The number of amides is 2. The molecular weight excluding hydrogens is 550 g/mol. The van der Waals surface area contributed by atoms with Gasteiger partial charge in [-0.1, -0.05) is 54.1 Å². The Kier molecular flexibility index (Phi) is 9.84.